The number of halogens is 1. The van der Waals surface area contributed by atoms with Crippen LogP contribution in [0.25, 0.3) is 0 Å². The molecule has 0 saturated heterocycles. The molecule has 0 saturated carbocycles. The zero-order valence-corrected chi connectivity index (χ0v) is 21.6. The number of hydrogen-bond donors (Lipinski definition) is 1. The van der Waals surface area contributed by atoms with Gasteiger partial charge in [-0.05, 0) is 68.8 Å². The van der Waals surface area contributed by atoms with Crippen LogP contribution in [0.4, 0.5) is 11.4 Å². The first kappa shape index (κ1) is 26.2. The molecule has 184 valence electrons. The molecule has 7 nitrogen and oxygen atoms in total. The molecule has 9 heteroatoms. The van der Waals surface area contributed by atoms with Crippen LogP contribution in [-0.2, 0) is 14.8 Å². The summed E-state index contributed by atoms with van der Waals surface area (Å²) >= 11 is 6.09. The fourth-order valence-corrected chi connectivity index (χ4v) is 5.09. The summed E-state index contributed by atoms with van der Waals surface area (Å²) < 4.78 is 27.8. The van der Waals surface area contributed by atoms with Gasteiger partial charge in [0.15, 0.2) is 0 Å². The van der Waals surface area contributed by atoms with Crippen molar-refractivity contribution < 1.29 is 13.2 Å². The maximum Gasteiger partial charge on any atom is 0.264 e. The van der Waals surface area contributed by atoms with Crippen LogP contribution in [0.1, 0.15) is 25.0 Å². The van der Waals surface area contributed by atoms with Crippen molar-refractivity contribution in [1.82, 2.24) is 5.43 Å². The summed E-state index contributed by atoms with van der Waals surface area (Å²) in [6.07, 6.45) is 1.52. The van der Waals surface area contributed by atoms with E-state index in [4.69, 9.17) is 11.6 Å². The molecule has 0 aromatic heterocycles. The van der Waals surface area contributed by atoms with Crippen molar-refractivity contribution in [2.45, 2.75) is 25.7 Å². The molecule has 35 heavy (non-hydrogen) atoms. The second-order valence-electron chi connectivity index (χ2n) is 7.86. The molecule has 3 aromatic rings. The Morgan fingerprint density at radius 1 is 0.971 bits per heavy atom. The number of anilines is 2. The highest BCUT2D eigenvalue weighted by atomic mass is 35.5. The van der Waals surface area contributed by atoms with Gasteiger partial charge in [-0.2, -0.15) is 5.10 Å². The summed E-state index contributed by atoms with van der Waals surface area (Å²) in [5, 5.41) is 4.36. The minimum Gasteiger partial charge on any atom is -0.372 e. The highest BCUT2D eigenvalue weighted by Crippen LogP contribution is 2.26. The normalized spacial score (nSPS) is 11.4. The van der Waals surface area contributed by atoms with Crippen molar-refractivity contribution in [1.29, 1.82) is 0 Å². The quantitative estimate of drug-likeness (QED) is 0.311. The average molecular weight is 513 g/mol. The van der Waals surface area contributed by atoms with Crippen LogP contribution in [0.15, 0.2) is 82.8 Å². The third-order valence-corrected chi connectivity index (χ3v) is 7.44. The highest BCUT2D eigenvalue weighted by Gasteiger charge is 2.27. The maximum atomic E-state index is 13.4. The fourth-order valence-electron chi connectivity index (χ4n) is 3.49. The number of nitrogens with zero attached hydrogens (tertiary/aromatic N) is 3. The first-order valence-electron chi connectivity index (χ1n) is 11.3. The molecule has 3 rings (SSSR count). The standard InChI is InChI=1S/C26H29ClN4O3S/c1-4-30(5-2)23-13-11-21(12-14-23)18-28-29-26(32)19-31(24-8-6-7-22(27)17-24)35(33,34)25-15-9-20(3)10-16-25/h6-18H,4-5,19H2,1-3H3,(H,29,32)/b28-18-. The number of carbonyl (C=O) groups excluding carboxylic acids is 1. The maximum absolute atomic E-state index is 13.4. The summed E-state index contributed by atoms with van der Waals surface area (Å²) in [7, 11) is -4.02. The van der Waals surface area contributed by atoms with E-state index in [1.165, 1.54) is 24.4 Å². The van der Waals surface area contributed by atoms with Crippen molar-refractivity contribution in [2.75, 3.05) is 28.8 Å². The van der Waals surface area contributed by atoms with Crippen molar-refractivity contribution in [2.24, 2.45) is 5.10 Å². The number of sulfonamides is 1. The van der Waals surface area contributed by atoms with Gasteiger partial charge in [-0.25, -0.2) is 13.8 Å². The monoisotopic (exact) mass is 512 g/mol. The molecule has 3 aromatic carbocycles. The van der Waals surface area contributed by atoms with Crippen LogP contribution in [0.3, 0.4) is 0 Å². The lowest BCUT2D eigenvalue weighted by atomic mass is 10.2. The molecular weight excluding hydrogens is 484 g/mol. The van der Waals surface area contributed by atoms with Gasteiger partial charge in [0.1, 0.15) is 6.54 Å². The number of rotatable bonds is 10. The molecule has 1 N–H and O–H groups in total. The van der Waals surface area contributed by atoms with Crippen LogP contribution >= 0.6 is 11.6 Å². The highest BCUT2D eigenvalue weighted by molar-refractivity contribution is 7.92. The van der Waals surface area contributed by atoms with E-state index in [9.17, 15) is 13.2 Å². The Morgan fingerprint density at radius 3 is 2.23 bits per heavy atom. The predicted molar refractivity (Wildman–Crippen MR) is 143 cm³/mol. The Morgan fingerprint density at radius 2 is 1.63 bits per heavy atom. The van der Waals surface area contributed by atoms with E-state index >= 15 is 0 Å². The molecule has 0 radical (unpaired) electrons. The van der Waals surface area contributed by atoms with Gasteiger partial charge in [-0.3, -0.25) is 9.10 Å². The van der Waals surface area contributed by atoms with E-state index in [0.717, 1.165) is 34.2 Å². The number of carbonyl (C=O) groups is 1. The van der Waals surface area contributed by atoms with Crippen LogP contribution < -0.4 is 14.6 Å². The topological polar surface area (TPSA) is 82.1 Å². The van der Waals surface area contributed by atoms with Gasteiger partial charge in [0.05, 0.1) is 16.8 Å². The predicted octanol–water partition coefficient (Wildman–Crippen LogP) is 4.84. The molecular formula is C26H29ClN4O3S. The lowest BCUT2D eigenvalue weighted by Crippen LogP contribution is -2.39. The summed E-state index contributed by atoms with van der Waals surface area (Å²) in [6, 6.07) is 20.6. The first-order chi connectivity index (χ1) is 16.7. The van der Waals surface area contributed by atoms with E-state index in [1.807, 2.05) is 31.2 Å². The van der Waals surface area contributed by atoms with Crippen molar-refractivity contribution in [3.63, 3.8) is 0 Å². The number of amides is 1. The molecule has 1 amide bonds. The molecule has 0 fully saturated rings. The van der Waals surface area contributed by atoms with Gasteiger partial charge in [0.25, 0.3) is 15.9 Å². The molecule has 0 aliphatic heterocycles. The lowest BCUT2D eigenvalue weighted by Gasteiger charge is -2.24. The Bertz CT molecular complexity index is 1270. The fraction of sp³-hybridized carbons (Fsp3) is 0.231. The Labute approximate surface area is 212 Å². The van der Waals surface area contributed by atoms with Crippen LogP contribution in [-0.4, -0.2) is 40.2 Å². The number of hydrazone groups is 1. The van der Waals surface area contributed by atoms with Crippen LogP contribution in [0, 0.1) is 6.92 Å². The minimum atomic E-state index is -4.02. The molecule has 0 aliphatic carbocycles. The Balaban J connectivity index is 1.76. The first-order valence-corrected chi connectivity index (χ1v) is 13.1. The Kier molecular flexibility index (Phi) is 8.89. The SMILES string of the molecule is CCN(CC)c1ccc(/C=N\NC(=O)CN(c2cccc(Cl)c2)S(=O)(=O)c2ccc(C)cc2)cc1. The van der Waals surface area contributed by atoms with E-state index in [0.29, 0.717) is 5.02 Å². The number of aryl methyl sites for hydroxylation is 1. The minimum absolute atomic E-state index is 0.0765. The van der Waals surface area contributed by atoms with Crippen LogP contribution in [0.5, 0.6) is 0 Å². The molecule has 0 heterocycles. The number of nitrogens with one attached hydrogen (secondary N) is 1. The van der Waals surface area contributed by atoms with Crippen molar-refractivity contribution >= 4 is 45.1 Å². The smallest absolute Gasteiger partial charge is 0.264 e. The van der Waals surface area contributed by atoms with E-state index < -0.39 is 22.5 Å². The summed E-state index contributed by atoms with van der Waals surface area (Å²) in [5.74, 6) is -0.586. The van der Waals surface area contributed by atoms with Crippen LogP contribution in [0.2, 0.25) is 5.02 Å². The zero-order chi connectivity index (χ0) is 25.4. The lowest BCUT2D eigenvalue weighted by molar-refractivity contribution is -0.119. The number of benzene rings is 3. The van der Waals surface area contributed by atoms with E-state index in [2.05, 4.69) is 29.3 Å². The van der Waals surface area contributed by atoms with Gasteiger partial charge < -0.3 is 4.90 Å². The van der Waals surface area contributed by atoms with Gasteiger partial charge in [0.2, 0.25) is 0 Å². The molecule has 0 spiro atoms. The second kappa shape index (κ2) is 11.9. The average Bonchev–Trinajstić information content (AvgIpc) is 2.84. The second-order valence-corrected chi connectivity index (χ2v) is 10.2. The Hall–Kier alpha value is -3.36. The largest absolute Gasteiger partial charge is 0.372 e. The summed E-state index contributed by atoms with van der Waals surface area (Å²) in [6.45, 7) is 7.42. The van der Waals surface area contributed by atoms with Gasteiger partial charge in [-0.1, -0.05) is 47.5 Å². The number of hydrogen-bond acceptors (Lipinski definition) is 5. The third-order valence-electron chi connectivity index (χ3n) is 5.42. The van der Waals surface area contributed by atoms with Crippen molar-refractivity contribution in [3.05, 3.63) is 88.9 Å². The summed E-state index contributed by atoms with van der Waals surface area (Å²) in [5.41, 5.74) is 5.54. The molecule has 0 atom stereocenters. The van der Waals surface area contributed by atoms with Gasteiger partial charge >= 0.3 is 0 Å². The molecule has 0 bridgehead atoms. The van der Waals surface area contributed by atoms with E-state index in [-0.39, 0.29) is 10.6 Å². The molecule has 0 aliphatic rings. The van der Waals surface area contributed by atoms with E-state index in [1.54, 1.807) is 30.3 Å². The third kappa shape index (κ3) is 6.83. The van der Waals surface area contributed by atoms with Gasteiger partial charge in [-0.15, -0.1) is 0 Å². The zero-order valence-electron chi connectivity index (χ0n) is 20.0. The van der Waals surface area contributed by atoms with Gasteiger partial charge in [0, 0.05) is 23.8 Å². The summed E-state index contributed by atoms with van der Waals surface area (Å²) in [4.78, 5) is 15.0. The van der Waals surface area contributed by atoms with Crippen molar-refractivity contribution in [3.8, 4) is 0 Å². The molecule has 0 unspecified atom stereocenters.